The lowest BCUT2D eigenvalue weighted by molar-refractivity contribution is -0.140. The van der Waals surface area contributed by atoms with Crippen molar-refractivity contribution in [2.45, 2.75) is 45.2 Å². The van der Waals surface area contributed by atoms with Crippen LogP contribution in [0.3, 0.4) is 0 Å². The molecular formula is C24H28N2O5. The third kappa shape index (κ3) is 5.42. The SMILES string of the molecule is COc1ccc(C(=O)Nc2ccccc2C(=O)OCC(=O)N2[C@H](C)CCC[C@@H]2C)cc1. The molecule has 3 rings (SSSR count). The molecule has 2 atom stereocenters. The second-order valence-electron chi connectivity index (χ2n) is 7.73. The van der Waals surface area contributed by atoms with Crippen molar-refractivity contribution >= 4 is 23.5 Å². The Bertz CT molecular complexity index is 931. The highest BCUT2D eigenvalue weighted by Crippen LogP contribution is 2.23. The molecular weight excluding hydrogens is 396 g/mol. The Morgan fingerprint density at radius 2 is 1.65 bits per heavy atom. The Kier molecular flexibility index (Phi) is 7.28. The molecule has 1 aliphatic heterocycles. The molecule has 1 N–H and O–H groups in total. The van der Waals surface area contributed by atoms with Crippen LogP contribution in [0.15, 0.2) is 48.5 Å². The number of nitrogens with one attached hydrogen (secondary N) is 1. The van der Waals surface area contributed by atoms with Crippen molar-refractivity contribution in [1.82, 2.24) is 4.90 Å². The zero-order valence-electron chi connectivity index (χ0n) is 18.1. The number of hydrogen-bond acceptors (Lipinski definition) is 5. The zero-order valence-corrected chi connectivity index (χ0v) is 18.1. The molecule has 7 nitrogen and oxygen atoms in total. The third-order valence-corrected chi connectivity index (χ3v) is 5.56. The van der Waals surface area contributed by atoms with Crippen LogP contribution in [0.1, 0.15) is 53.8 Å². The van der Waals surface area contributed by atoms with Crippen LogP contribution < -0.4 is 10.1 Å². The molecule has 0 spiro atoms. The summed E-state index contributed by atoms with van der Waals surface area (Å²) in [7, 11) is 1.55. The molecule has 1 heterocycles. The first-order chi connectivity index (χ1) is 14.9. The van der Waals surface area contributed by atoms with Gasteiger partial charge in [0.05, 0.1) is 18.4 Å². The van der Waals surface area contributed by atoms with Crippen molar-refractivity contribution in [3.8, 4) is 5.75 Å². The number of hydrogen-bond donors (Lipinski definition) is 1. The molecule has 1 saturated heterocycles. The van der Waals surface area contributed by atoms with Gasteiger partial charge in [0.2, 0.25) is 0 Å². The van der Waals surface area contributed by atoms with Gasteiger partial charge in [0.1, 0.15) is 5.75 Å². The lowest BCUT2D eigenvalue weighted by Gasteiger charge is -2.38. The summed E-state index contributed by atoms with van der Waals surface area (Å²) in [4.78, 5) is 39.6. The predicted molar refractivity (Wildman–Crippen MR) is 117 cm³/mol. The number of amides is 2. The number of likely N-dealkylation sites (tertiary alicyclic amines) is 1. The zero-order chi connectivity index (χ0) is 22.4. The number of nitrogens with zero attached hydrogens (tertiary/aromatic N) is 1. The first kappa shape index (κ1) is 22.3. The topological polar surface area (TPSA) is 84.9 Å². The Hall–Kier alpha value is -3.35. The first-order valence-electron chi connectivity index (χ1n) is 10.4. The summed E-state index contributed by atoms with van der Waals surface area (Å²) in [5.74, 6) is -0.582. The molecule has 0 aliphatic carbocycles. The summed E-state index contributed by atoms with van der Waals surface area (Å²) in [5, 5.41) is 2.73. The fraction of sp³-hybridized carbons (Fsp3) is 0.375. The van der Waals surface area contributed by atoms with Gasteiger partial charge in [-0.2, -0.15) is 0 Å². The lowest BCUT2D eigenvalue weighted by atomic mass is 9.97. The molecule has 2 aromatic rings. The first-order valence-corrected chi connectivity index (χ1v) is 10.4. The van der Waals surface area contributed by atoms with Gasteiger partial charge in [-0.25, -0.2) is 4.79 Å². The van der Waals surface area contributed by atoms with Gasteiger partial charge in [-0.1, -0.05) is 12.1 Å². The maximum Gasteiger partial charge on any atom is 0.340 e. The van der Waals surface area contributed by atoms with Crippen LogP contribution in [-0.4, -0.2) is 48.5 Å². The highest BCUT2D eigenvalue weighted by atomic mass is 16.5. The number of carbonyl (C=O) groups excluding carboxylic acids is 3. The van der Waals surface area contributed by atoms with Gasteiger partial charge in [-0.15, -0.1) is 0 Å². The third-order valence-electron chi connectivity index (χ3n) is 5.56. The Balaban J connectivity index is 1.65. The second kappa shape index (κ2) is 10.1. The van der Waals surface area contributed by atoms with Crippen molar-refractivity contribution in [2.75, 3.05) is 19.0 Å². The number of piperidine rings is 1. The quantitative estimate of drug-likeness (QED) is 0.711. The smallest absolute Gasteiger partial charge is 0.340 e. The van der Waals surface area contributed by atoms with Crippen molar-refractivity contribution in [3.63, 3.8) is 0 Å². The summed E-state index contributed by atoms with van der Waals surface area (Å²) in [6.45, 7) is 3.70. The molecule has 0 saturated carbocycles. The van der Waals surface area contributed by atoms with E-state index in [-0.39, 0.29) is 36.1 Å². The second-order valence-corrected chi connectivity index (χ2v) is 7.73. The van der Waals surface area contributed by atoms with E-state index < -0.39 is 5.97 Å². The van der Waals surface area contributed by atoms with E-state index in [2.05, 4.69) is 5.32 Å². The van der Waals surface area contributed by atoms with Gasteiger partial charge in [0.25, 0.3) is 11.8 Å². The summed E-state index contributed by atoms with van der Waals surface area (Å²) < 4.78 is 10.4. The fourth-order valence-electron chi connectivity index (χ4n) is 3.90. The molecule has 2 amide bonds. The maximum atomic E-state index is 12.7. The van der Waals surface area contributed by atoms with Crippen LogP contribution in [0, 0.1) is 0 Å². The molecule has 164 valence electrons. The van der Waals surface area contributed by atoms with Crippen molar-refractivity contribution < 1.29 is 23.9 Å². The summed E-state index contributed by atoms with van der Waals surface area (Å²) >= 11 is 0. The van der Waals surface area contributed by atoms with E-state index in [4.69, 9.17) is 9.47 Å². The largest absolute Gasteiger partial charge is 0.497 e. The van der Waals surface area contributed by atoms with Gasteiger partial charge in [0.15, 0.2) is 6.61 Å². The van der Waals surface area contributed by atoms with Crippen molar-refractivity contribution in [1.29, 1.82) is 0 Å². The number of ether oxygens (including phenoxy) is 2. The summed E-state index contributed by atoms with van der Waals surface area (Å²) in [6, 6.07) is 13.5. The number of para-hydroxylation sites is 1. The van der Waals surface area contributed by atoms with E-state index in [0.29, 0.717) is 17.0 Å². The van der Waals surface area contributed by atoms with Crippen LogP contribution in [0.2, 0.25) is 0 Å². The number of rotatable bonds is 6. The Labute approximate surface area is 182 Å². The van der Waals surface area contributed by atoms with Crippen molar-refractivity contribution in [2.24, 2.45) is 0 Å². The standard InChI is InChI=1S/C24H28N2O5/c1-16-7-6-8-17(2)26(16)22(27)15-31-24(29)20-9-4-5-10-21(20)25-23(28)18-11-13-19(30-3)14-12-18/h4-5,9-14,16-17H,6-8,15H2,1-3H3,(H,25,28)/t16-,17+. The van der Waals surface area contributed by atoms with Crippen LogP contribution >= 0.6 is 0 Å². The van der Waals surface area contributed by atoms with Gasteiger partial charge in [-0.05, 0) is 69.5 Å². The molecule has 1 aliphatic rings. The fourth-order valence-corrected chi connectivity index (χ4v) is 3.90. The van der Waals surface area contributed by atoms with E-state index >= 15 is 0 Å². The molecule has 7 heteroatoms. The minimum absolute atomic E-state index is 0.131. The average molecular weight is 424 g/mol. The maximum absolute atomic E-state index is 12.7. The normalized spacial score (nSPS) is 18.2. The van der Waals surface area contributed by atoms with Gasteiger partial charge in [-0.3, -0.25) is 9.59 Å². The molecule has 2 aromatic carbocycles. The number of anilines is 1. The van der Waals surface area contributed by atoms with E-state index in [1.807, 2.05) is 13.8 Å². The highest BCUT2D eigenvalue weighted by Gasteiger charge is 2.29. The monoisotopic (exact) mass is 424 g/mol. The number of benzene rings is 2. The molecule has 0 aromatic heterocycles. The highest BCUT2D eigenvalue weighted by molar-refractivity contribution is 6.08. The Morgan fingerprint density at radius 3 is 2.29 bits per heavy atom. The number of carbonyl (C=O) groups is 3. The van der Waals surface area contributed by atoms with Crippen LogP contribution in [-0.2, 0) is 9.53 Å². The number of esters is 1. The van der Waals surface area contributed by atoms with Gasteiger partial charge >= 0.3 is 5.97 Å². The molecule has 31 heavy (non-hydrogen) atoms. The van der Waals surface area contributed by atoms with E-state index in [1.165, 1.54) is 0 Å². The lowest BCUT2D eigenvalue weighted by Crippen LogP contribution is -2.49. The minimum Gasteiger partial charge on any atom is -0.497 e. The molecule has 0 bridgehead atoms. The summed E-state index contributed by atoms with van der Waals surface area (Å²) in [5.41, 5.74) is 0.935. The van der Waals surface area contributed by atoms with E-state index in [1.54, 1.807) is 60.5 Å². The van der Waals surface area contributed by atoms with Crippen molar-refractivity contribution in [3.05, 3.63) is 59.7 Å². The van der Waals surface area contributed by atoms with Crippen LogP contribution in [0.4, 0.5) is 5.69 Å². The molecule has 0 unspecified atom stereocenters. The molecule has 1 fully saturated rings. The van der Waals surface area contributed by atoms with E-state index in [0.717, 1.165) is 19.3 Å². The average Bonchev–Trinajstić information content (AvgIpc) is 2.77. The van der Waals surface area contributed by atoms with Crippen LogP contribution in [0.5, 0.6) is 5.75 Å². The Morgan fingerprint density at radius 1 is 1.00 bits per heavy atom. The van der Waals surface area contributed by atoms with Crippen LogP contribution in [0.25, 0.3) is 0 Å². The molecule has 0 radical (unpaired) electrons. The summed E-state index contributed by atoms with van der Waals surface area (Å²) in [6.07, 6.45) is 2.99. The van der Waals surface area contributed by atoms with E-state index in [9.17, 15) is 14.4 Å². The predicted octanol–water partition coefficient (Wildman–Crippen LogP) is 3.89. The van der Waals surface area contributed by atoms with Gasteiger partial charge < -0.3 is 19.7 Å². The number of methoxy groups -OCH3 is 1. The van der Waals surface area contributed by atoms with Gasteiger partial charge in [0, 0.05) is 17.6 Å². The minimum atomic E-state index is -0.656.